The summed E-state index contributed by atoms with van der Waals surface area (Å²) in [7, 11) is 5.34. The highest BCUT2D eigenvalue weighted by Crippen LogP contribution is 2.16. The molecule has 1 heterocycles. The Labute approximate surface area is 175 Å². The molecule has 0 aromatic heterocycles. The third kappa shape index (κ3) is 8.75. The Kier molecular flexibility index (Phi) is 11.5. The number of ether oxygens (including phenoxy) is 2. The Bertz CT molecular complexity index is 454. The summed E-state index contributed by atoms with van der Waals surface area (Å²) in [6, 6.07) is 0.0836. The molecule has 26 heavy (non-hydrogen) atoms. The van der Waals surface area contributed by atoms with Crippen LogP contribution in [-0.2, 0) is 9.47 Å². The van der Waals surface area contributed by atoms with Gasteiger partial charge in [0.15, 0.2) is 5.96 Å². The zero-order chi connectivity index (χ0) is 19.0. The fraction of sp³-hybridized carbons (Fsp3) is 0.889. The number of guanidine groups is 1. The summed E-state index contributed by atoms with van der Waals surface area (Å²) < 4.78 is 10.7. The highest BCUT2D eigenvalue weighted by Gasteiger charge is 2.25. The second-order valence-corrected chi connectivity index (χ2v) is 7.76. The lowest BCUT2D eigenvalue weighted by atomic mass is 10.1. The van der Waals surface area contributed by atoms with E-state index in [0.29, 0.717) is 5.92 Å². The lowest BCUT2D eigenvalue weighted by molar-refractivity contribution is 0.0230. The van der Waals surface area contributed by atoms with Gasteiger partial charge in [0.05, 0.1) is 6.61 Å². The number of rotatable bonds is 6. The minimum atomic E-state index is -0.472. The smallest absolute Gasteiger partial charge is 0.410 e. The molecular weight excluding hydrogens is 447 g/mol. The van der Waals surface area contributed by atoms with Crippen molar-refractivity contribution in [3.8, 4) is 0 Å². The molecule has 0 spiro atoms. The first-order chi connectivity index (χ1) is 11.7. The van der Waals surface area contributed by atoms with Gasteiger partial charge < -0.3 is 24.6 Å². The Hall–Kier alpha value is -0.770. The zero-order valence-corrected chi connectivity index (χ0v) is 19.7. The average Bonchev–Trinajstić information content (AvgIpc) is 2.97. The molecule has 0 aromatic rings. The summed E-state index contributed by atoms with van der Waals surface area (Å²) in [6.07, 6.45) is 1.67. The Morgan fingerprint density at radius 2 is 2.08 bits per heavy atom. The number of nitrogens with one attached hydrogen (secondary N) is 1. The third-order valence-corrected chi connectivity index (χ3v) is 4.39. The number of nitrogens with zero attached hydrogens (tertiary/aromatic N) is 3. The van der Waals surface area contributed by atoms with Crippen molar-refractivity contribution in [1.29, 1.82) is 0 Å². The van der Waals surface area contributed by atoms with Gasteiger partial charge in [-0.1, -0.05) is 0 Å². The van der Waals surface area contributed by atoms with E-state index < -0.39 is 5.60 Å². The first-order valence-electron chi connectivity index (χ1n) is 9.08. The van der Waals surface area contributed by atoms with Crippen LogP contribution in [0.2, 0.25) is 0 Å². The fourth-order valence-electron chi connectivity index (χ4n) is 2.83. The summed E-state index contributed by atoms with van der Waals surface area (Å²) in [5, 5.41) is 3.40. The summed E-state index contributed by atoms with van der Waals surface area (Å²) in [6.45, 7) is 11.2. The number of carbonyl (C=O) groups excluding carboxylic acids is 1. The molecule has 8 heteroatoms. The summed E-state index contributed by atoms with van der Waals surface area (Å²) in [4.78, 5) is 20.4. The fourth-order valence-corrected chi connectivity index (χ4v) is 2.83. The van der Waals surface area contributed by atoms with Gasteiger partial charge in [-0.05, 0) is 40.5 Å². The summed E-state index contributed by atoms with van der Waals surface area (Å²) in [5.74, 6) is 1.49. The van der Waals surface area contributed by atoms with E-state index in [1.165, 1.54) is 0 Å². The molecule has 1 fully saturated rings. The number of hydrogen-bond acceptors (Lipinski definition) is 4. The lowest BCUT2D eigenvalue weighted by Gasteiger charge is -2.29. The maximum Gasteiger partial charge on any atom is 0.410 e. The molecular formula is C18H37IN4O3. The van der Waals surface area contributed by atoms with Crippen molar-refractivity contribution in [1.82, 2.24) is 15.1 Å². The molecule has 1 N–H and O–H groups in total. The summed E-state index contributed by atoms with van der Waals surface area (Å²) in [5.41, 5.74) is -0.472. The first kappa shape index (κ1) is 25.2. The van der Waals surface area contributed by atoms with Gasteiger partial charge in [0.1, 0.15) is 5.60 Å². The minimum absolute atomic E-state index is 0. The average molecular weight is 484 g/mol. The predicted octanol–water partition coefficient (Wildman–Crippen LogP) is 2.79. The molecule has 0 radical (unpaired) electrons. The monoisotopic (exact) mass is 484 g/mol. The van der Waals surface area contributed by atoms with Crippen molar-refractivity contribution in [2.75, 3.05) is 47.4 Å². The second-order valence-electron chi connectivity index (χ2n) is 7.76. The topological polar surface area (TPSA) is 66.4 Å². The third-order valence-electron chi connectivity index (χ3n) is 4.39. The summed E-state index contributed by atoms with van der Waals surface area (Å²) >= 11 is 0. The second kappa shape index (κ2) is 11.8. The molecule has 0 aliphatic carbocycles. The van der Waals surface area contributed by atoms with Crippen LogP contribution in [0.5, 0.6) is 0 Å². The Morgan fingerprint density at radius 3 is 2.62 bits per heavy atom. The highest BCUT2D eigenvalue weighted by atomic mass is 127. The number of aliphatic imine (C=N–C) groups is 1. The van der Waals surface area contributed by atoms with E-state index in [4.69, 9.17) is 9.47 Å². The van der Waals surface area contributed by atoms with E-state index >= 15 is 0 Å². The van der Waals surface area contributed by atoms with E-state index in [1.807, 2.05) is 34.7 Å². The first-order valence-corrected chi connectivity index (χ1v) is 9.08. The molecule has 1 saturated heterocycles. The maximum atomic E-state index is 12.1. The van der Waals surface area contributed by atoms with E-state index in [1.54, 1.807) is 19.1 Å². The van der Waals surface area contributed by atoms with Crippen LogP contribution in [0.4, 0.5) is 4.79 Å². The van der Waals surface area contributed by atoms with Gasteiger partial charge in [-0.3, -0.25) is 4.99 Å². The molecule has 2 unspecified atom stereocenters. The molecule has 2 atom stereocenters. The standard InChI is InChI=1S/C18H36N4O3.HI/c1-14(21(6)17(23)25-18(2,3)4)8-10-20-16(19-5)22-11-9-15(12-22)13-24-7;/h14-15H,8-13H2,1-7H3,(H,19,20);1H. The van der Waals surface area contributed by atoms with Crippen molar-refractivity contribution >= 4 is 36.0 Å². The van der Waals surface area contributed by atoms with Gasteiger partial charge in [-0.25, -0.2) is 4.79 Å². The van der Waals surface area contributed by atoms with E-state index in [2.05, 4.69) is 15.2 Å². The van der Waals surface area contributed by atoms with Crippen molar-refractivity contribution in [3.63, 3.8) is 0 Å². The highest BCUT2D eigenvalue weighted by molar-refractivity contribution is 14.0. The number of hydrogen-bond donors (Lipinski definition) is 1. The largest absolute Gasteiger partial charge is 0.444 e. The molecule has 1 amide bonds. The number of methoxy groups -OCH3 is 1. The van der Waals surface area contributed by atoms with Gasteiger partial charge in [0.25, 0.3) is 0 Å². The number of halogens is 1. The van der Waals surface area contributed by atoms with Crippen molar-refractivity contribution < 1.29 is 14.3 Å². The van der Waals surface area contributed by atoms with Crippen molar-refractivity contribution in [3.05, 3.63) is 0 Å². The van der Waals surface area contributed by atoms with Gasteiger partial charge in [0, 0.05) is 52.8 Å². The number of carbonyl (C=O) groups is 1. The van der Waals surface area contributed by atoms with Gasteiger partial charge >= 0.3 is 6.09 Å². The number of likely N-dealkylation sites (tertiary alicyclic amines) is 1. The number of amides is 1. The zero-order valence-electron chi connectivity index (χ0n) is 17.4. The van der Waals surface area contributed by atoms with Crippen LogP contribution in [0.25, 0.3) is 0 Å². The van der Waals surface area contributed by atoms with Crippen LogP contribution in [-0.4, -0.2) is 80.9 Å². The maximum absolute atomic E-state index is 12.1. The molecule has 1 aliphatic heterocycles. The molecule has 154 valence electrons. The van der Waals surface area contributed by atoms with Crippen LogP contribution in [0.1, 0.15) is 40.5 Å². The Balaban J connectivity index is 0.00000625. The molecule has 1 aliphatic rings. The van der Waals surface area contributed by atoms with Crippen LogP contribution in [0, 0.1) is 5.92 Å². The Morgan fingerprint density at radius 1 is 1.42 bits per heavy atom. The van der Waals surface area contributed by atoms with Crippen LogP contribution >= 0.6 is 24.0 Å². The van der Waals surface area contributed by atoms with Gasteiger partial charge in [-0.2, -0.15) is 0 Å². The van der Waals surface area contributed by atoms with Gasteiger partial charge in [-0.15, -0.1) is 24.0 Å². The van der Waals surface area contributed by atoms with Crippen molar-refractivity contribution in [2.45, 2.75) is 52.2 Å². The van der Waals surface area contributed by atoms with Gasteiger partial charge in [0.2, 0.25) is 0 Å². The van der Waals surface area contributed by atoms with Crippen molar-refractivity contribution in [2.24, 2.45) is 10.9 Å². The van der Waals surface area contributed by atoms with E-state index in [9.17, 15) is 4.79 Å². The molecule has 1 rings (SSSR count). The SMILES string of the molecule is CN=C(NCCC(C)N(C)C(=O)OC(C)(C)C)N1CCC(COC)C1.I. The predicted molar refractivity (Wildman–Crippen MR) is 116 cm³/mol. The lowest BCUT2D eigenvalue weighted by Crippen LogP contribution is -2.43. The van der Waals surface area contributed by atoms with E-state index in [0.717, 1.165) is 45.0 Å². The van der Waals surface area contributed by atoms with Crippen LogP contribution < -0.4 is 5.32 Å². The molecule has 0 bridgehead atoms. The molecule has 0 saturated carbocycles. The van der Waals surface area contributed by atoms with Crippen LogP contribution in [0.3, 0.4) is 0 Å². The molecule has 0 aromatic carbocycles. The molecule has 7 nitrogen and oxygen atoms in total. The quantitative estimate of drug-likeness (QED) is 0.357. The van der Waals surface area contributed by atoms with E-state index in [-0.39, 0.29) is 36.1 Å². The minimum Gasteiger partial charge on any atom is -0.444 e. The van der Waals surface area contributed by atoms with Crippen LogP contribution in [0.15, 0.2) is 4.99 Å². The normalized spacial score (nSPS) is 19.0.